The van der Waals surface area contributed by atoms with Gasteiger partial charge in [-0.25, -0.2) is 0 Å². The third-order valence-corrected chi connectivity index (χ3v) is 4.06. The predicted octanol–water partition coefficient (Wildman–Crippen LogP) is -0.541. The van der Waals surface area contributed by atoms with Gasteiger partial charge in [0.1, 0.15) is 12.6 Å². The van der Waals surface area contributed by atoms with Crippen LogP contribution in [0, 0.1) is 5.92 Å². The van der Waals surface area contributed by atoms with Gasteiger partial charge >= 0.3 is 15.2 Å². The molecular weight excluding hydrogens is 298 g/mol. The Labute approximate surface area is 111 Å². The van der Waals surface area contributed by atoms with Gasteiger partial charge in [0.05, 0.1) is 6.04 Å². The topological polar surface area (TPSA) is 161 Å². The summed E-state index contributed by atoms with van der Waals surface area (Å²) < 4.78 is 22.0. The van der Waals surface area contributed by atoms with Crippen molar-refractivity contribution >= 4 is 21.1 Å². The number of nitrogens with two attached hydrogens (primary N) is 1. The lowest BCUT2D eigenvalue weighted by Crippen LogP contribution is -2.49. The van der Waals surface area contributed by atoms with Crippen LogP contribution in [-0.4, -0.2) is 49.0 Å². The number of carbonyl (C=O) groups is 1. The van der Waals surface area contributed by atoms with Crippen molar-refractivity contribution in [1.82, 2.24) is 4.90 Å². The molecule has 0 fully saturated rings. The first-order valence-electron chi connectivity index (χ1n) is 5.50. The van der Waals surface area contributed by atoms with Gasteiger partial charge in [-0.1, -0.05) is 20.3 Å². The predicted molar refractivity (Wildman–Crippen MR) is 68.1 cm³/mol. The van der Waals surface area contributed by atoms with Gasteiger partial charge in [-0.3, -0.25) is 18.8 Å². The molecule has 0 radical (unpaired) electrons. The SMILES string of the molecule is CCC(C)C(C(N)=O)N(CP(=O)(O)O)CP(=O)(O)O. The zero-order chi connectivity index (χ0) is 15.4. The Morgan fingerprint density at radius 1 is 1.16 bits per heavy atom. The molecule has 6 N–H and O–H groups in total. The molecule has 0 saturated heterocycles. The van der Waals surface area contributed by atoms with E-state index in [9.17, 15) is 13.9 Å². The largest absolute Gasteiger partial charge is 0.368 e. The summed E-state index contributed by atoms with van der Waals surface area (Å²) >= 11 is 0. The van der Waals surface area contributed by atoms with Crippen LogP contribution in [-0.2, 0) is 13.9 Å². The van der Waals surface area contributed by atoms with Gasteiger partial charge in [-0.2, -0.15) is 0 Å². The van der Waals surface area contributed by atoms with Crippen LogP contribution in [0.4, 0.5) is 0 Å². The smallest absolute Gasteiger partial charge is 0.339 e. The highest BCUT2D eigenvalue weighted by molar-refractivity contribution is 7.52. The van der Waals surface area contributed by atoms with Crippen molar-refractivity contribution in [3.05, 3.63) is 0 Å². The van der Waals surface area contributed by atoms with E-state index >= 15 is 0 Å². The molecular formula is C8H20N2O7P2. The highest BCUT2D eigenvalue weighted by Gasteiger charge is 2.36. The van der Waals surface area contributed by atoms with Gasteiger partial charge in [0.2, 0.25) is 5.91 Å². The molecule has 0 aliphatic carbocycles. The maximum atomic E-state index is 11.4. The highest BCUT2D eigenvalue weighted by Crippen LogP contribution is 2.42. The van der Waals surface area contributed by atoms with Crippen LogP contribution in [0.25, 0.3) is 0 Å². The number of hydrogen-bond donors (Lipinski definition) is 5. The summed E-state index contributed by atoms with van der Waals surface area (Å²) in [6, 6.07) is -1.15. The van der Waals surface area contributed by atoms with Crippen LogP contribution in [0.5, 0.6) is 0 Å². The number of primary amides is 1. The van der Waals surface area contributed by atoms with E-state index in [1.165, 1.54) is 0 Å². The van der Waals surface area contributed by atoms with Crippen LogP contribution in [0.1, 0.15) is 20.3 Å². The minimum Gasteiger partial charge on any atom is -0.368 e. The maximum Gasteiger partial charge on any atom is 0.339 e. The summed E-state index contributed by atoms with van der Waals surface area (Å²) in [4.78, 5) is 47.9. The van der Waals surface area contributed by atoms with E-state index in [1.807, 2.05) is 0 Å². The Morgan fingerprint density at radius 2 is 1.53 bits per heavy atom. The Bertz CT molecular complexity index is 380. The summed E-state index contributed by atoms with van der Waals surface area (Å²) in [7, 11) is -9.15. The molecule has 0 heterocycles. The molecule has 2 atom stereocenters. The minimum atomic E-state index is -4.58. The zero-order valence-corrected chi connectivity index (χ0v) is 12.5. The van der Waals surface area contributed by atoms with Crippen molar-refractivity contribution in [2.24, 2.45) is 11.7 Å². The molecule has 19 heavy (non-hydrogen) atoms. The molecule has 0 aromatic carbocycles. The third-order valence-electron chi connectivity index (χ3n) is 2.60. The molecule has 0 aliphatic rings. The molecule has 1 amide bonds. The average molecular weight is 318 g/mol. The molecule has 0 saturated carbocycles. The number of amides is 1. The maximum absolute atomic E-state index is 11.4. The van der Waals surface area contributed by atoms with Gasteiger partial charge in [-0.15, -0.1) is 0 Å². The van der Waals surface area contributed by atoms with Crippen molar-refractivity contribution in [1.29, 1.82) is 0 Å². The lowest BCUT2D eigenvalue weighted by atomic mass is 9.98. The van der Waals surface area contributed by atoms with Gasteiger partial charge in [0.15, 0.2) is 0 Å². The average Bonchev–Trinajstić information content (AvgIpc) is 2.11. The van der Waals surface area contributed by atoms with Crippen molar-refractivity contribution in [2.75, 3.05) is 12.6 Å². The fourth-order valence-electron chi connectivity index (χ4n) is 1.74. The summed E-state index contributed by atoms with van der Waals surface area (Å²) in [5.41, 5.74) is 5.17. The van der Waals surface area contributed by atoms with Crippen LogP contribution in [0.3, 0.4) is 0 Å². The Kier molecular flexibility index (Phi) is 6.85. The molecule has 0 aromatic heterocycles. The molecule has 0 bridgehead atoms. The second-order valence-electron chi connectivity index (χ2n) is 4.43. The van der Waals surface area contributed by atoms with E-state index in [2.05, 4.69) is 0 Å². The van der Waals surface area contributed by atoms with E-state index in [0.29, 0.717) is 6.42 Å². The second kappa shape index (κ2) is 6.95. The van der Waals surface area contributed by atoms with E-state index < -0.39 is 45.6 Å². The van der Waals surface area contributed by atoms with Gasteiger partial charge in [0.25, 0.3) is 0 Å². The van der Waals surface area contributed by atoms with Crippen molar-refractivity contribution < 1.29 is 33.5 Å². The normalized spacial score (nSPS) is 16.4. The van der Waals surface area contributed by atoms with Gasteiger partial charge < -0.3 is 25.3 Å². The van der Waals surface area contributed by atoms with Gasteiger partial charge in [-0.05, 0) is 5.92 Å². The summed E-state index contributed by atoms with van der Waals surface area (Å²) in [6.07, 6.45) is -1.40. The molecule has 9 nitrogen and oxygen atoms in total. The Hall–Kier alpha value is -0.270. The fourth-order valence-corrected chi connectivity index (χ4v) is 3.39. The highest BCUT2D eigenvalue weighted by atomic mass is 31.2. The standard InChI is InChI=1S/C8H20N2O7P2/c1-3-6(2)7(8(9)11)10(4-18(12,13)14)5-19(15,16)17/h6-7H,3-5H2,1-2H3,(H2,9,11)(H2,12,13,14)(H2,15,16,17). The summed E-state index contributed by atoms with van der Waals surface area (Å²) in [5.74, 6) is -1.27. The number of hydrogen-bond acceptors (Lipinski definition) is 4. The molecule has 0 rings (SSSR count). The van der Waals surface area contributed by atoms with E-state index in [0.717, 1.165) is 4.90 Å². The Balaban J connectivity index is 5.33. The second-order valence-corrected chi connectivity index (χ2v) is 7.66. The molecule has 0 aromatic rings. The van der Waals surface area contributed by atoms with Gasteiger partial charge in [0, 0.05) is 0 Å². The first-order valence-corrected chi connectivity index (χ1v) is 9.09. The summed E-state index contributed by atoms with van der Waals surface area (Å²) in [6.45, 7) is 3.34. The first-order chi connectivity index (χ1) is 8.37. The van der Waals surface area contributed by atoms with E-state index in [4.69, 9.17) is 25.3 Å². The van der Waals surface area contributed by atoms with Crippen LogP contribution >= 0.6 is 15.2 Å². The molecule has 0 aliphatic heterocycles. The number of rotatable bonds is 8. The van der Waals surface area contributed by atoms with E-state index in [-0.39, 0.29) is 0 Å². The van der Waals surface area contributed by atoms with Crippen molar-refractivity contribution in [2.45, 2.75) is 26.3 Å². The van der Waals surface area contributed by atoms with Crippen molar-refractivity contribution in [3.8, 4) is 0 Å². The monoisotopic (exact) mass is 318 g/mol. The van der Waals surface area contributed by atoms with Crippen molar-refractivity contribution in [3.63, 3.8) is 0 Å². The molecule has 2 unspecified atom stereocenters. The lowest BCUT2D eigenvalue weighted by molar-refractivity contribution is -0.124. The lowest BCUT2D eigenvalue weighted by Gasteiger charge is -2.33. The van der Waals surface area contributed by atoms with Crippen LogP contribution in [0.2, 0.25) is 0 Å². The molecule has 11 heteroatoms. The molecule has 114 valence electrons. The first kappa shape index (κ1) is 18.7. The van der Waals surface area contributed by atoms with Crippen LogP contribution < -0.4 is 5.73 Å². The van der Waals surface area contributed by atoms with E-state index in [1.54, 1.807) is 13.8 Å². The fraction of sp³-hybridized carbons (Fsp3) is 0.875. The number of carbonyl (C=O) groups excluding carboxylic acids is 1. The summed E-state index contributed by atoms with van der Waals surface area (Å²) in [5, 5.41) is 0. The van der Waals surface area contributed by atoms with Crippen LogP contribution in [0.15, 0.2) is 0 Å². The minimum absolute atomic E-state index is 0.393. The third kappa shape index (κ3) is 7.79. The molecule has 0 spiro atoms. The number of nitrogens with zero attached hydrogens (tertiary/aromatic N) is 1. The Morgan fingerprint density at radius 3 is 1.74 bits per heavy atom. The quantitative estimate of drug-likeness (QED) is 0.373. The zero-order valence-electron chi connectivity index (χ0n) is 10.7.